The van der Waals surface area contributed by atoms with Gasteiger partial charge in [0.25, 0.3) is 5.91 Å². The van der Waals surface area contributed by atoms with Crippen molar-refractivity contribution < 1.29 is 23.4 Å². The molecule has 2 N–H and O–H groups in total. The first-order chi connectivity index (χ1) is 15.8. The second-order valence-electron chi connectivity index (χ2n) is 9.08. The van der Waals surface area contributed by atoms with Crippen molar-refractivity contribution in [2.45, 2.75) is 36.7 Å². The van der Waals surface area contributed by atoms with Crippen LogP contribution < -0.4 is 10.5 Å². The Labute approximate surface area is 195 Å². The Morgan fingerprint density at radius 3 is 2.67 bits per heavy atom. The number of guanidine groups is 1. The van der Waals surface area contributed by atoms with Gasteiger partial charge in [0.1, 0.15) is 17.7 Å². The number of amides is 1. The van der Waals surface area contributed by atoms with Crippen molar-refractivity contribution in [1.82, 2.24) is 4.90 Å². The number of aliphatic imine (C=N–C) groups is 1. The molecule has 2 spiro atoms. The van der Waals surface area contributed by atoms with E-state index in [4.69, 9.17) is 36.5 Å². The molecule has 0 aromatic heterocycles. The Balaban J connectivity index is 1.53. The van der Waals surface area contributed by atoms with Crippen molar-refractivity contribution in [2.75, 3.05) is 20.3 Å². The van der Waals surface area contributed by atoms with E-state index in [2.05, 4.69) is 0 Å². The largest absolute Gasteiger partial charge is 0.490 e. The van der Waals surface area contributed by atoms with Gasteiger partial charge < -0.3 is 19.9 Å². The van der Waals surface area contributed by atoms with E-state index in [0.717, 1.165) is 0 Å². The van der Waals surface area contributed by atoms with E-state index in [1.165, 1.54) is 17.0 Å². The molecule has 1 aliphatic carbocycles. The van der Waals surface area contributed by atoms with Crippen LogP contribution in [-0.2, 0) is 19.8 Å². The van der Waals surface area contributed by atoms with Crippen molar-refractivity contribution in [3.05, 3.63) is 52.8 Å². The van der Waals surface area contributed by atoms with Crippen molar-refractivity contribution >= 4 is 23.5 Å². The van der Waals surface area contributed by atoms with Gasteiger partial charge in [-0.15, -0.1) is 0 Å². The normalized spacial score (nSPS) is 29.7. The maximum absolute atomic E-state index is 14.1. The highest BCUT2D eigenvalue weighted by Crippen LogP contribution is 2.56. The number of ether oxygens (including phenoxy) is 3. The summed E-state index contributed by atoms with van der Waals surface area (Å²) in [6.45, 7) is 1.04. The van der Waals surface area contributed by atoms with Gasteiger partial charge in [0.2, 0.25) is 0 Å². The fourth-order valence-corrected chi connectivity index (χ4v) is 5.94. The summed E-state index contributed by atoms with van der Waals surface area (Å²) in [6, 6.07) is 9.82. The lowest BCUT2D eigenvalue weighted by Crippen LogP contribution is -2.58. The summed E-state index contributed by atoms with van der Waals surface area (Å²) in [5.41, 5.74) is 6.80. The Morgan fingerprint density at radius 2 is 1.97 bits per heavy atom. The number of nitrogens with two attached hydrogens (primary N) is 1. The van der Waals surface area contributed by atoms with Crippen LogP contribution in [0.25, 0.3) is 11.1 Å². The smallest absolute Gasteiger partial charge is 0.262 e. The van der Waals surface area contributed by atoms with Gasteiger partial charge in [-0.05, 0) is 47.9 Å². The summed E-state index contributed by atoms with van der Waals surface area (Å²) in [7, 11) is 1.62. The lowest BCUT2D eigenvalue weighted by molar-refractivity contribution is -0.210. The highest BCUT2D eigenvalue weighted by Gasteiger charge is 2.63. The van der Waals surface area contributed by atoms with Crippen LogP contribution in [0.15, 0.2) is 41.4 Å². The molecular weight excluding hydrogens is 449 g/mol. The molecule has 3 heterocycles. The number of rotatable bonds is 1. The molecule has 2 aromatic carbocycles. The Hall–Kier alpha value is -2.68. The summed E-state index contributed by atoms with van der Waals surface area (Å²) in [6.07, 6.45) is 1.57. The van der Waals surface area contributed by atoms with Crippen LogP contribution in [0.2, 0.25) is 5.02 Å². The van der Waals surface area contributed by atoms with Gasteiger partial charge in [0.15, 0.2) is 17.3 Å². The highest BCUT2D eigenvalue weighted by atomic mass is 35.5. The number of carbonyl (C=O) groups is 1. The monoisotopic (exact) mass is 471 g/mol. The van der Waals surface area contributed by atoms with Crippen LogP contribution in [0.4, 0.5) is 4.39 Å². The molecule has 2 unspecified atom stereocenters. The van der Waals surface area contributed by atoms with Gasteiger partial charge in [-0.25, -0.2) is 9.38 Å². The van der Waals surface area contributed by atoms with Crippen molar-refractivity contribution in [3.8, 4) is 16.9 Å². The molecule has 3 atom stereocenters. The number of halogens is 2. The van der Waals surface area contributed by atoms with E-state index in [1.54, 1.807) is 13.1 Å². The maximum Gasteiger partial charge on any atom is 0.262 e. The second kappa shape index (κ2) is 7.16. The van der Waals surface area contributed by atoms with Crippen LogP contribution in [0.1, 0.15) is 24.8 Å². The lowest BCUT2D eigenvalue weighted by Gasteiger charge is -2.49. The molecule has 1 saturated heterocycles. The Kier molecular flexibility index (Phi) is 4.53. The molecule has 2 aromatic rings. The minimum atomic E-state index is -1.27. The summed E-state index contributed by atoms with van der Waals surface area (Å²) in [5, 5.41) is 0.289. The van der Waals surface area contributed by atoms with Crippen molar-refractivity contribution in [1.29, 1.82) is 0 Å². The summed E-state index contributed by atoms with van der Waals surface area (Å²) in [4.78, 5) is 19.9. The fourth-order valence-electron chi connectivity index (χ4n) is 5.72. The van der Waals surface area contributed by atoms with Gasteiger partial charge in [-0.2, -0.15) is 0 Å². The summed E-state index contributed by atoms with van der Waals surface area (Å²) in [5.74, 6) is -1.01. The first-order valence-electron chi connectivity index (χ1n) is 11.0. The van der Waals surface area contributed by atoms with Crippen LogP contribution >= 0.6 is 11.6 Å². The predicted octanol–water partition coefficient (Wildman–Crippen LogP) is 3.43. The number of nitrogens with zero attached hydrogens (tertiary/aromatic N) is 2. The van der Waals surface area contributed by atoms with Gasteiger partial charge in [-0.3, -0.25) is 9.69 Å². The first kappa shape index (κ1) is 20.9. The van der Waals surface area contributed by atoms with Crippen molar-refractivity contribution in [3.63, 3.8) is 0 Å². The average molecular weight is 472 g/mol. The number of hydrogen-bond donors (Lipinski definition) is 1. The minimum Gasteiger partial charge on any atom is -0.490 e. The zero-order valence-electron chi connectivity index (χ0n) is 18.0. The van der Waals surface area contributed by atoms with Crippen molar-refractivity contribution in [2.24, 2.45) is 16.6 Å². The van der Waals surface area contributed by atoms with Gasteiger partial charge >= 0.3 is 0 Å². The second-order valence-corrected chi connectivity index (χ2v) is 9.52. The summed E-state index contributed by atoms with van der Waals surface area (Å²) < 4.78 is 32.4. The molecule has 1 saturated carbocycles. The van der Waals surface area contributed by atoms with E-state index in [1.807, 2.05) is 18.2 Å². The first-order valence-corrected chi connectivity index (χ1v) is 11.4. The molecule has 33 heavy (non-hydrogen) atoms. The standard InChI is InChI=1S/C24H23ClFN3O4/c1-29-21(30)24(28-22(29)27)17-10-13(14-8-15(25)11-16(26)9-14)2-3-19(17)33-20-4-5-23(12-18(20)24)31-6-7-32-23/h2-3,8-11,18,20H,4-7,12H2,1H3,(H2,27,28)/t18-,20?,24?/m1/s1. The Morgan fingerprint density at radius 1 is 1.18 bits per heavy atom. The zero-order chi connectivity index (χ0) is 23.0. The van der Waals surface area contributed by atoms with E-state index in [9.17, 15) is 9.18 Å². The number of likely N-dealkylation sites (N-methyl/N-ethyl adjacent to an activating group) is 1. The Bertz CT molecular complexity index is 1180. The van der Waals surface area contributed by atoms with Gasteiger partial charge in [0, 0.05) is 36.4 Å². The van der Waals surface area contributed by atoms with Gasteiger partial charge in [0.05, 0.1) is 13.2 Å². The highest BCUT2D eigenvalue weighted by molar-refractivity contribution is 6.30. The number of hydrogen-bond acceptors (Lipinski definition) is 6. The quantitative estimate of drug-likeness (QED) is 0.688. The third kappa shape index (κ3) is 3.01. The minimum absolute atomic E-state index is 0.152. The maximum atomic E-state index is 14.1. The third-order valence-corrected chi connectivity index (χ3v) is 7.49. The molecule has 6 rings (SSSR count). The molecule has 0 bridgehead atoms. The molecular formula is C24H23ClFN3O4. The molecule has 2 fully saturated rings. The molecule has 9 heteroatoms. The number of carbonyl (C=O) groups excluding carboxylic acids is 1. The van der Waals surface area contributed by atoms with Crippen LogP contribution in [0, 0.1) is 11.7 Å². The zero-order valence-corrected chi connectivity index (χ0v) is 18.8. The van der Waals surface area contributed by atoms with E-state index >= 15 is 0 Å². The van der Waals surface area contributed by atoms with Crippen LogP contribution in [0.5, 0.6) is 5.75 Å². The lowest BCUT2D eigenvalue weighted by atomic mass is 9.65. The molecule has 172 valence electrons. The molecule has 0 radical (unpaired) electrons. The van der Waals surface area contributed by atoms with E-state index in [0.29, 0.717) is 54.9 Å². The molecule has 7 nitrogen and oxygen atoms in total. The fraction of sp³-hybridized carbons (Fsp3) is 0.417. The topological polar surface area (TPSA) is 86.4 Å². The SMILES string of the molecule is CN1C(=O)C2(N=C1N)c1cc(-c3cc(F)cc(Cl)c3)ccc1OC1CCC3(C[C@H]12)OCCO3. The van der Waals surface area contributed by atoms with Gasteiger partial charge in [-0.1, -0.05) is 17.7 Å². The van der Waals surface area contributed by atoms with Crippen LogP contribution in [0.3, 0.4) is 0 Å². The van der Waals surface area contributed by atoms with E-state index in [-0.39, 0.29) is 28.9 Å². The third-order valence-electron chi connectivity index (χ3n) is 7.27. The average Bonchev–Trinajstić information content (AvgIpc) is 3.33. The number of fused-ring (bicyclic) bond motifs is 4. The van der Waals surface area contributed by atoms with Crippen LogP contribution in [-0.4, -0.2) is 48.9 Å². The number of benzene rings is 2. The molecule has 1 amide bonds. The molecule has 4 aliphatic rings. The summed E-state index contributed by atoms with van der Waals surface area (Å²) >= 11 is 6.09. The molecule has 3 aliphatic heterocycles. The van der Waals surface area contributed by atoms with E-state index < -0.39 is 17.1 Å². The predicted molar refractivity (Wildman–Crippen MR) is 119 cm³/mol.